The number of unbranched alkanes of at least 4 members (excludes halogenated alkanes) is 21. The van der Waals surface area contributed by atoms with Gasteiger partial charge < -0.3 is 14.2 Å². The summed E-state index contributed by atoms with van der Waals surface area (Å²) in [5.74, 6) is -0.942. The average molecular weight is 1120 g/mol. The molecule has 81 heavy (non-hydrogen) atoms. The Morgan fingerprint density at radius 2 is 0.444 bits per heavy atom. The molecule has 0 bridgehead atoms. The molecule has 0 saturated carbocycles. The first kappa shape index (κ1) is 76.0. The highest BCUT2D eigenvalue weighted by Crippen LogP contribution is 2.15. The fourth-order valence-corrected chi connectivity index (χ4v) is 8.69. The van der Waals surface area contributed by atoms with Gasteiger partial charge in [0.05, 0.1) is 0 Å². The van der Waals surface area contributed by atoms with Gasteiger partial charge in [-0.2, -0.15) is 0 Å². The van der Waals surface area contributed by atoms with Gasteiger partial charge in [0.1, 0.15) is 13.2 Å². The molecular formula is C75H120O6. The molecule has 0 aromatic carbocycles. The van der Waals surface area contributed by atoms with E-state index in [1.54, 1.807) is 0 Å². The van der Waals surface area contributed by atoms with Crippen LogP contribution in [0, 0.1) is 0 Å². The van der Waals surface area contributed by atoms with E-state index in [9.17, 15) is 14.4 Å². The van der Waals surface area contributed by atoms with Gasteiger partial charge >= 0.3 is 17.9 Å². The molecule has 0 rings (SSSR count). The largest absolute Gasteiger partial charge is 0.462 e. The maximum Gasteiger partial charge on any atom is 0.306 e. The summed E-state index contributed by atoms with van der Waals surface area (Å²) >= 11 is 0. The summed E-state index contributed by atoms with van der Waals surface area (Å²) in [6.45, 7) is 6.27. The average Bonchev–Trinajstić information content (AvgIpc) is 3.46. The van der Waals surface area contributed by atoms with E-state index >= 15 is 0 Å². The zero-order valence-electron chi connectivity index (χ0n) is 52.2. The first-order valence-electron chi connectivity index (χ1n) is 33.0. The molecule has 1 atom stereocenters. The maximum absolute atomic E-state index is 12.9. The summed E-state index contributed by atoms with van der Waals surface area (Å²) in [5.41, 5.74) is 0. The van der Waals surface area contributed by atoms with Crippen molar-refractivity contribution in [3.8, 4) is 0 Å². The van der Waals surface area contributed by atoms with Crippen LogP contribution in [0.4, 0.5) is 0 Å². The Morgan fingerprint density at radius 3 is 0.704 bits per heavy atom. The summed E-state index contributed by atoms with van der Waals surface area (Å²) < 4.78 is 16.9. The molecule has 0 fully saturated rings. The lowest BCUT2D eigenvalue weighted by atomic mass is 10.0. The van der Waals surface area contributed by atoms with Gasteiger partial charge in [0, 0.05) is 19.3 Å². The van der Waals surface area contributed by atoms with Crippen LogP contribution >= 0.6 is 0 Å². The lowest BCUT2D eigenvalue weighted by molar-refractivity contribution is -0.167. The number of hydrogen-bond acceptors (Lipinski definition) is 6. The van der Waals surface area contributed by atoms with Gasteiger partial charge in [-0.05, 0) is 141 Å². The Balaban J connectivity index is 4.38. The van der Waals surface area contributed by atoms with Crippen LogP contribution < -0.4 is 0 Å². The van der Waals surface area contributed by atoms with Crippen molar-refractivity contribution in [1.29, 1.82) is 0 Å². The predicted molar refractivity (Wildman–Crippen MR) is 352 cm³/mol. The van der Waals surface area contributed by atoms with Crippen LogP contribution in [0.15, 0.2) is 158 Å². The summed E-state index contributed by atoms with van der Waals surface area (Å²) in [7, 11) is 0. The SMILES string of the molecule is CC/C=C\C/C=C\C/C=C\C/C=C\C/C=C\C/C=C\CCCCCCCCCCC(=O)OCC(COC(=O)CCCCC/C=C\C/C=C\C/C=C\CC)OC(=O)CCCCCCCCCCCC/C=C\C/C=C\C/C=C\C/C=C\CC. The molecule has 456 valence electrons. The second kappa shape index (κ2) is 67.5. The summed E-state index contributed by atoms with van der Waals surface area (Å²) in [4.78, 5) is 38.4. The van der Waals surface area contributed by atoms with Gasteiger partial charge in [0.25, 0.3) is 0 Å². The lowest BCUT2D eigenvalue weighted by Gasteiger charge is -2.18. The van der Waals surface area contributed by atoms with Crippen LogP contribution in [-0.2, 0) is 28.6 Å². The van der Waals surface area contributed by atoms with Crippen molar-refractivity contribution in [2.45, 2.75) is 284 Å². The molecule has 0 N–H and O–H groups in total. The Hall–Kier alpha value is -4.97. The van der Waals surface area contributed by atoms with Crippen molar-refractivity contribution in [3.05, 3.63) is 158 Å². The maximum atomic E-state index is 12.9. The van der Waals surface area contributed by atoms with Gasteiger partial charge in [-0.3, -0.25) is 14.4 Å². The number of ether oxygens (including phenoxy) is 3. The molecule has 0 saturated heterocycles. The lowest BCUT2D eigenvalue weighted by Crippen LogP contribution is -2.30. The summed E-state index contributed by atoms with van der Waals surface area (Å²) in [5, 5.41) is 0. The van der Waals surface area contributed by atoms with Crippen molar-refractivity contribution in [1.82, 2.24) is 0 Å². The van der Waals surface area contributed by atoms with E-state index in [4.69, 9.17) is 14.2 Å². The number of esters is 3. The quantitative estimate of drug-likeness (QED) is 0.0261. The molecule has 0 aromatic heterocycles. The van der Waals surface area contributed by atoms with Gasteiger partial charge in [-0.15, -0.1) is 0 Å². The van der Waals surface area contributed by atoms with E-state index in [0.29, 0.717) is 19.3 Å². The van der Waals surface area contributed by atoms with Crippen molar-refractivity contribution in [3.63, 3.8) is 0 Å². The van der Waals surface area contributed by atoms with E-state index in [1.807, 2.05) is 0 Å². The van der Waals surface area contributed by atoms with Crippen LogP contribution in [0.5, 0.6) is 0 Å². The molecule has 0 aromatic rings. The molecule has 6 nitrogen and oxygen atoms in total. The van der Waals surface area contributed by atoms with E-state index in [2.05, 4.69) is 179 Å². The van der Waals surface area contributed by atoms with E-state index in [-0.39, 0.29) is 31.1 Å². The molecule has 0 heterocycles. The molecule has 0 aliphatic rings. The number of rotatable bonds is 58. The molecule has 0 spiro atoms. The number of carbonyl (C=O) groups is 3. The standard InChI is InChI=1S/C75H120O6/c1-4-7-10-13-16-19-22-25-27-29-31-33-35-36-37-38-40-41-43-45-47-50-53-56-59-62-65-68-74(77)80-71-72(70-79-73(76)67-64-61-58-55-52-49-24-21-18-15-12-9-6-3)81-75(78)69-66-63-60-57-54-51-48-46-44-42-39-34-32-30-28-26-23-20-17-14-11-8-5-2/h7-12,16-21,25-28,31-34,36-37,40-41,49,52,72H,4-6,13-15,22-24,29-30,35,38-39,42-48,50-51,53-71H2,1-3H3/b10-7-,11-8-,12-9-,19-16-,20-17-,21-18-,27-25-,28-26-,33-31-,34-32-,37-36-,41-40-,52-49-. The third kappa shape index (κ3) is 65.7. The minimum absolute atomic E-state index is 0.0994. The third-order valence-electron chi connectivity index (χ3n) is 13.5. The van der Waals surface area contributed by atoms with E-state index < -0.39 is 6.10 Å². The Kier molecular flexibility index (Phi) is 63.4. The molecule has 0 amide bonds. The zero-order chi connectivity index (χ0) is 58.5. The van der Waals surface area contributed by atoms with Crippen LogP contribution in [0.25, 0.3) is 0 Å². The van der Waals surface area contributed by atoms with Gasteiger partial charge in [-0.1, -0.05) is 275 Å². The Morgan fingerprint density at radius 1 is 0.247 bits per heavy atom. The second-order valence-electron chi connectivity index (χ2n) is 21.2. The highest BCUT2D eigenvalue weighted by Gasteiger charge is 2.19. The molecule has 0 aliphatic carbocycles. The van der Waals surface area contributed by atoms with E-state index in [0.717, 1.165) is 154 Å². The summed E-state index contributed by atoms with van der Waals surface area (Å²) in [6.07, 6.45) is 98.2. The van der Waals surface area contributed by atoms with Gasteiger partial charge in [0.2, 0.25) is 0 Å². The Labute approximate surface area is 499 Å². The predicted octanol–water partition coefficient (Wildman–Crippen LogP) is 22.9. The second-order valence-corrected chi connectivity index (χ2v) is 21.2. The van der Waals surface area contributed by atoms with Crippen LogP contribution in [0.1, 0.15) is 278 Å². The highest BCUT2D eigenvalue weighted by atomic mass is 16.6. The number of carbonyl (C=O) groups excluding carboxylic acids is 3. The first-order chi connectivity index (χ1) is 40.0. The molecule has 6 heteroatoms. The molecule has 0 aliphatic heterocycles. The highest BCUT2D eigenvalue weighted by molar-refractivity contribution is 5.71. The fraction of sp³-hybridized carbons (Fsp3) is 0.613. The fourth-order valence-electron chi connectivity index (χ4n) is 8.69. The van der Waals surface area contributed by atoms with Crippen LogP contribution in [0.3, 0.4) is 0 Å². The summed E-state index contributed by atoms with van der Waals surface area (Å²) in [6, 6.07) is 0. The van der Waals surface area contributed by atoms with Crippen molar-refractivity contribution < 1.29 is 28.6 Å². The van der Waals surface area contributed by atoms with Gasteiger partial charge in [0.15, 0.2) is 6.10 Å². The number of allylic oxidation sites excluding steroid dienone is 26. The minimum atomic E-state index is -0.805. The Bertz CT molecular complexity index is 1810. The van der Waals surface area contributed by atoms with Crippen molar-refractivity contribution >= 4 is 17.9 Å². The van der Waals surface area contributed by atoms with Crippen molar-refractivity contribution in [2.75, 3.05) is 13.2 Å². The molecular weight excluding hydrogens is 997 g/mol. The van der Waals surface area contributed by atoms with Gasteiger partial charge in [-0.25, -0.2) is 0 Å². The van der Waals surface area contributed by atoms with Crippen LogP contribution in [0.2, 0.25) is 0 Å². The van der Waals surface area contributed by atoms with Crippen molar-refractivity contribution in [2.24, 2.45) is 0 Å². The normalized spacial score (nSPS) is 13.2. The third-order valence-corrected chi connectivity index (χ3v) is 13.5. The molecule has 1 unspecified atom stereocenters. The minimum Gasteiger partial charge on any atom is -0.462 e. The number of hydrogen-bond donors (Lipinski definition) is 0. The van der Waals surface area contributed by atoms with Crippen LogP contribution in [-0.4, -0.2) is 37.2 Å². The smallest absolute Gasteiger partial charge is 0.306 e. The van der Waals surface area contributed by atoms with E-state index in [1.165, 1.54) is 83.5 Å². The molecule has 0 radical (unpaired) electrons. The zero-order valence-corrected chi connectivity index (χ0v) is 52.2. The topological polar surface area (TPSA) is 78.9 Å². The first-order valence-corrected chi connectivity index (χ1v) is 33.0. The monoisotopic (exact) mass is 1120 g/mol.